The highest BCUT2D eigenvalue weighted by molar-refractivity contribution is 5.63. The van der Waals surface area contributed by atoms with Crippen molar-refractivity contribution in [3.63, 3.8) is 0 Å². The van der Waals surface area contributed by atoms with E-state index in [0.717, 1.165) is 31.4 Å². The molecule has 104 valence electrons. The number of rotatable bonds is 3. The Labute approximate surface area is 110 Å². The Morgan fingerprint density at radius 2 is 2.11 bits per heavy atom. The molecule has 1 atom stereocenters. The molecule has 1 fully saturated rings. The Balaban J connectivity index is 2.29. The molecule has 1 aliphatic carbocycles. The second kappa shape index (κ2) is 4.75. The fourth-order valence-electron chi connectivity index (χ4n) is 2.59. The number of hydrogen-bond acceptors (Lipinski definition) is 3. The van der Waals surface area contributed by atoms with Crippen LogP contribution in [0.3, 0.4) is 0 Å². The van der Waals surface area contributed by atoms with Gasteiger partial charge in [0.05, 0.1) is 4.92 Å². The summed E-state index contributed by atoms with van der Waals surface area (Å²) in [7, 11) is 0. The largest absolute Gasteiger partial charge is 0.374 e. The summed E-state index contributed by atoms with van der Waals surface area (Å²) in [5.41, 5.74) is -0.646. The van der Waals surface area contributed by atoms with E-state index < -0.39 is 22.2 Å². The second-order valence-corrected chi connectivity index (χ2v) is 5.76. The number of benzene rings is 1. The van der Waals surface area contributed by atoms with Gasteiger partial charge in [0, 0.05) is 12.1 Å². The van der Waals surface area contributed by atoms with E-state index in [0.29, 0.717) is 0 Å². The number of nitro benzene ring substituents is 1. The van der Waals surface area contributed by atoms with Gasteiger partial charge in [-0.05, 0) is 30.7 Å². The Morgan fingerprint density at radius 1 is 1.42 bits per heavy atom. The molecule has 4 nitrogen and oxygen atoms in total. The number of hydrogen-bond donors (Lipinski definition) is 1. The van der Waals surface area contributed by atoms with E-state index in [1.165, 1.54) is 0 Å². The van der Waals surface area contributed by atoms with Crippen molar-refractivity contribution in [1.82, 2.24) is 0 Å². The van der Waals surface area contributed by atoms with Gasteiger partial charge in [0.15, 0.2) is 17.3 Å². The Bertz CT molecular complexity index is 518. The molecule has 2 rings (SSSR count). The van der Waals surface area contributed by atoms with Gasteiger partial charge in [-0.1, -0.05) is 13.8 Å². The average molecular weight is 270 g/mol. The van der Waals surface area contributed by atoms with Gasteiger partial charge >= 0.3 is 0 Å². The number of nitrogens with one attached hydrogen (secondary N) is 1. The van der Waals surface area contributed by atoms with Gasteiger partial charge < -0.3 is 5.32 Å². The third-order valence-electron chi connectivity index (χ3n) is 3.59. The Kier molecular flexibility index (Phi) is 3.43. The van der Waals surface area contributed by atoms with Crippen molar-refractivity contribution < 1.29 is 13.7 Å². The molecule has 6 heteroatoms. The molecule has 0 bridgehead atoms. The van der Waals surface area contributed by atoms with Crippen LogP contribution >= 0.6 is 0 Å². The fraction of sp³-hybridized carbons (Fsp3) is 0.538. The smallest absolute Gasteiger partial charge is 0.295 e. The van der Waals surface area contributed by atoms with Gasteiger partial charge in [0.2, 0.25) is 0 Å². The van der Waals surface area contributed by atoms with Crippen LogP contribution in [0.5, 0.6) is 0 Å². The SMILES string of the molecule is CC1(C)CCC(Nc2c([N+](=O)[O-])ccc(F)c2F)C1. The lowest BCUT2D eigenvalue weighted by Gasteiger charge is -2.18. The van der Waals surface area contributed by atoms with Crippen LogP contribution in [0.1, 0.15) is 33.1 Å². The van der Waals surface area contributed by atoms with Crippen molar-refractivity contribution in [3.8, 4) is 0 Å². The first kappa shape index (κ1) is 13.7. The lowest BCUT2D eigenvalue weighted by molar-refractivity contribution is -0.384. The van der Waals surface area contributed by atoms with Gasteiger partial charge in [0.1, 0.15) is 0 Å². The van der Waals surface area contributed by atoms with Crippen molar-refractivity contribution in [2.45, 2.75) is 39.2 Å². The number of halogens is 2. The van der Waals surface area contributed by atoms with Crippen LogP contribution in [0.25, 0.3) is 0 Å². The van der Waals surface area contributed by atoms with Crippen LogP contribution in [0.15, 0.2) is 12.1 Å². The monoisotopic (exact) mass is 270 g/mol. The molecule has 0 aromatic heterocycles. The molecule has 0 radical (unpaired) electrons. The highest BCUT2D eigenvalue weighted by atomic mass is 19.2. The van der Waals surface area contributed by atoms with E-state index in [-0.39, 0.29) is 17.1 Å². The molecular weight excluding hydrogens is 254 g/mol. The third kappa shape index (κ3) is 2.83. The van der Waals surface area contributed by atoms with Gasteiger partial charge in [-0.25, -0.2) is 8.78 Å². The lowest BCUT2D eigenvalue weighted by Crippen LogP contribution is -2.19. The summed E-state index contributed by atoms with van der Waals surface area (Å²) >= 11 is 0. The minimum atomic E-state index is -1.18. The van der Waals surface area contributed by atoms with Crippen molar-refractivity contribution in [2.75, 3.05) is 5.32 Å². The summed E-state index contributed by atoms with van der Waals surface area (Å²) in [5, 5.41) is 13.7. The molecular formula is C13H16F2N2O2. The van der Waals surface area contributed by atoms with Gasteiger partial charge in [0.25, 0.3) is 5.69 Å². The minimum absolute atomic E-state index is 0.0648. The zero-order chi connectivity index (χ0) is 14.2. The van der Waals surface area contributed by atoms with Crippen molar-refractivity contribution >= 4 is 11.4 Å². The summed E-state index contributed by atoms with van der Waals surface area (Å²) in [6.07, 6.45) is 2.52. The molecule has 1 N–H and O–H groups in total. The number of nitro groups is 1. The predicted molar refractivity (Wildman–Crippen MR) is 68.1 cm³/mol. The molecule has 0 saturated heterocycles. The predicted octanol–water partition coefficient (Wildman–Crippen LogP) is 3.86. The van der Waals surface area contributed by atoms with Crippen LogP contribution < -0.4 is 5.32 Å². The molecule has 1 saturated carbocycles. The van der Waals surface area contributed by atoms with Crippen molar-refractivity contribution in [3.05, 3.63) is 33.9 Å². The van der Waals surface area contributed by atoms with Crippen molar-refractivity contribution in [2.24, 2.45) is 5.41 Å². The summed E-state index contributed by atoms with van der Waals surface area (Å²) < 4.78 is 26.9. The fourth-order valence-corrected chi connectivity index (χ4v) is 2.59. The topological polar surface area (TPSA) is 55.2 Å². The standard InChI is InChI=1S/C13H16F2N2O2/c1-13(2)6-5-8(7-13)16-12-10(17(18)19)4-3-9(14)11(12)15/h3-4,8,16H,5-7H2,1-2H3. The first-order chi connectivity index (χ1) is 8.80. The third-order valence-corrected chi connectivity index (χ3v) is 3.59. The summed E-state index contributed by atoms with van der Waals surface area (Å²) in [6.45, 7) is 4.18. The van der Waals surface area contributed by atoms with Crippen LogP contribution in [0.4, 0.5) is 20.2 Å². The summed E-state index contributed by atoms with van der Waals surface area (Å²) in [5.74, 6) is -2.26. The molecule has 1 aliphatic rings. The van der Waals surface area contributed by atoms with Crippen LogP contribution in [-0.2, 0) is 0 Å². The maximum absolute atomic E-state index is 13.7. The molecule has 1 aromatic carbocycles. The zero-order valence-corrected chi connectivity index (χ0v) is 10.9. The molecule has 1 unspecified atom stereocenters. The first-order valence-corrected chi connectivity index (χ1v) is 6.19. The average Bonchev–Trinajstić information content (AvgIpc) is 2.64. The second-order valence-electron chi connectivity index (χ2n) is 5.76. The van der Waals surface area contributed by atoms with Gasteiger partial charge in [-0.3, -0.25) is 10.1 Å². The molecule has 0 amide bonds. The highest BCUT2D eigenvalue weighted by Crippen LogP contribution is 2.40. The molecule has 0 heterocycles. The molecule has 1 aromatic rings. The maximum atomic E-state index is 13.7. The first-order valence-electron chi connectivity index (χ1n) is 6.19. The Morgan fingerprint density at radius 3 is 2.63 bits per heavy atom. The highest BCUT2D eigenvalue weighted by Gasteiger charge is 2.33. The normalized spacial score (nSPS) is 21.4. The van der Waals surface area contributed by atoms with Gasteiger partial charge in [-0.2, -0.15) is 0 Å². The van der Waals surface area contributed by atoms with E-state index >= 15 is 0 Å². The van der Waals surface area contributed by atoms with E-state index in [1.807, 2.05) is 0 Å². The number of anilines is 1. The minimum Gasteiger partial charge on any atom is -0.374 e. The molecule has 19 heavy (non-hydrogen) atoms. The van der Waals surface area contributed by atoms with E-state index in [9.17, 15) is 18.9 Å². The van der Waals surface area contributed by atoms with Crippen LogP contribution in [0.2, 0.25) is 0 Å². The Hall–Kier alpha value is -1.72. The molecule has 0 aliphatic heterocycles. The van der Waals surface area contributed by atoms with E-state index in [2.05, 4.69) is 19.2 Å². The maximum Gasteiger partial charge on any atom is 0.295 e. The summed E-state index contributed by atoms with van der Waals surface area (Å²) in [6, 6.07) is 1.70. The quantitative estimate of drug-likeness (QED) is 0.670. The zero-order valence-electron chi connectivity index (χ0n) is 10.9. The molecule has 0 spiro atoms. The van der Waals surface area contributed by atoms with E-state index in [4.69, 9.17) is 0 Å². The van der Waals surface area contributed by atoms with Crippen molar-refractivity contribution in [1.29, 1.82) is 0 Å². The van der Waals surface area contributed by atoms with Crippen LogP contribution in [-0.4, -0.2) is 11.0 Å². The van der Waals surface area contributed by atoms with Gasteiger partial charge in [-0.15, -0.1) is 0 Å². The lowest BCUT2D eigenvalue weighted by atomic mass is 9.92. The summed E-state index contributed by atoms with van der Waals surface area (Å²) in [4.78, 5) is 10.2. The van der Waals surface area contributed by atoms with E-state index in [1.54, 1.807) is 0 Å². The number of nitrogens with zero attached hydrogens (tertiary/aromatic N) is 1. The van der Waals surface area contributed by atoms with Crippen LogP contribution in [0, 0.1) is 27.2 Å².